The number of imide groups is 1. The van der Waals surface area contributed by atoms with Gasteiger partial charge < -0.3 is 14.2 Å². The zero-order valence-electron chi connectivity index (χ0n) is 21.0. The Morgan fingerprint density at radius 1 is 1.07 bits per heavy atom. The summed E-state index contributed by atoms with van der Waals surface area (Å²) in [5, 5.41) is 13.3. The van der Waals surface area contributed by atoms with Gasteiger partial charge in [0.25, 0.3) is 16.8 Å². The molecule has 3 aromatic carbocycles. The fraction of sp³-hybridized carbons (Fsp3) is 0.115. The molecule has 0 radical (unpaired) electrons. The second-order valence-corrected chi connectivity index (χ2v) is 10.9. The summed E-state index contributed by atoms with van der Waals surface area (Å²) in [4.78, 5) is 48.3. The van der Waals surface area contributed by atoms with Gasteiger partial charge in [0.1, 0.15) is 6.54 Å². The van der Waals surface area contributed by atoms with Gasteiger partial charge in [-0.15, -0.1) is 0 Å². The van der Waals surface area contributed by atoms with Crippen LogP contribution >= 0.6 is 11.8 Å². The lowest BCUT2D eigenvalue weighted by Crippen LogP contribution is -2.36. The van der Waals surface area contributed by atoms with E-state index in [4.69, 9.17) is 8.92 Å². The summed E-state index contributed by atoms with van der Waals surface area (Å²) < 4.78 is 35.9. The van der Waals surface area contributed by atoms with Gasteiger partial charge in [0.05, 0.1) is 16.9 Å². The van der Waals surface area contributed by atoms with Crippen LogP contribution in [0.4, 0.5) is 16.2 Å². The van der Waals surface area contributed by atoms with Gasteiger partial charge in [0.15, 0.2) is 16.4 Å². The van der Waals surface area contributed by atoms with Gasteiger partial charge in [0, 0.05) is 11.8 Å². The Kier molecular flexibility index (Phi) is 8.21. The summed E-state index contributed by atoms with van der Waals surface area (Å²) in [6, 6.07) is 15.8. The maximum Gasteiger partial charge on any atom is 0.346 e. The molecule has 4 rings (SSSR count). The summed E-state index contributed by atoms with van der Waals surface area (Å²) in [5.41, 5.74) is 1.24. The van der Waals surface area contributed by atoms with Gasteiger partial charge in [-0.3, -0.25) is 29.4 Å². The molecule has 3 amide bonds. The van der Waals surface area contributed by atoms with E-state index in [1.807, 2.05) is 19.1 Å². The minimum absolute atomic E-state index is 0.0383. The first-order chi connectivity index (χ1) is 19.0. The van der Waals surface area contributed by atoms with Gasteiger partial charge in [0.2, 0.25) is 5.91 Å². The van der Waals surface area contributed by atoms with Crippen LogP contribution in [0.2, 0.25) is 0 Å². The van der Waals surface area contributed by atoms with Crippen molar-refractivity contribution in [3.63, 3.8) is 0 Å². The third kappa shape index (κ3) is 6.30. The molecule has 1 aliphatic heterocycles. The van der Waals surface area contributed by atoms with E-state index in [9.17, 15) is 32.9 Å². The molecule has 12 nitrogen and oxygen atoms in total. The predicted molar refractivity (Wildman–Crippen MR) is 146 cm³/mol. The van der Waals surface area contributed by atoms with E-state index >= 15 is 0 Å². The van der Waals surface area contributed by atoms with Gasteiger partial charge >= 0.3 is 10.1 Å². The molecule has 0 aromatic heterocycles. The van der Waals surface area contributed by atoms with Crippen molar-refractivity contribution in [2.75, 3.05) is 19.0 Å². The number of aryl methyl sites for hydroxylation is 1. The number of amides is 3. The van der Waals surface area contributed by atoms with Crippen LogP contribution in [0, 0.1) is 17.0 Å². The molecule has 206 valence electrons. The molecular formula is C26H21N3O9S2. The van der Waals surface area contributed by atoms with Gasteiger partial charge in [-0.25, -0.2) is 0 Å². The lowest BCUT2D eigenvalue weighted by atomic mass is 10.2. The van der Waals surface area contributed by atoms with Crippen LogP contribution in [0.15, 0.2) is 76.5 Å². The number of carbonyl (C=O) groups is 3. The number of nitrogens with zero attached hydrogens (tertiary/aromatic N) is 2. The highest BCUT2D eigenvalue weighted by Gasteiger charge is 2.36. The average Bonchev–Trinajstić information content (AvgIpc) is 3.17. The van der Waals surface area contributed by atoms with Crippen LogP contribution in [0.25, 0.3) is 6.08 Å². The lowest BCUT2D eigenvalue weighted by Gasteiger charge is -2.13. The highest BCUT2D eigenvalue weighted by molar-refractivity contribution is 8.18. The van der Waals surface area contributed by atoms with Crippen molar-refractivity contribution in [3.05, 3.63) is 92.9 Å². The van der Waals surface area contributed by atoms with E-state index in [0.717, 1.165) is 22.6 Å². The van der Waals surface area contributed by atoms with E-state index < -0.39 is 49.2 Å². The summed E-state index contributed by atoms with van der Waals surface area (Å²) in [6.45, 7) is 1.42. The second-order valence-electron chi connectivity index (χ2n) is 8.35. The Morgan fingerprint density at radius 3 is 2.45 bits per heavy atom. The monoisotopic (exact) mass is 583 g/mol. The molecule has 0 spiro atoms. The number of methoxy groups -OCH3 is 1. The molecule has 0 saturated carbocycles. The Morgan fingerprint density at radius 2 is 1.77 bits per heavy atom. The third-order valence-electron chi connectivity index (χ3n) is 5.53. The fourth-order valence-corrected chi connectivity index (χ4v) is 5.54. The number of anilines is 1. The maximum atomic E-state index is 12.9. The molecule has 1 fully saturated rings. The molecule has 1 saturated heterocycles. The molecule has 0 aliphatic carbocycles. The molecule has 0 unspecified atom stereocenters. The summed E-state index contributed by atoms with van der Waals surface area (Å²) >= 11 is 0.643. The number of hydrogen-bond acceptors (Lipinski definition) is 10. The minimum Gasteiger partial charge on any atom is -0.493 e. The van der Waals surface area contributed by atoms with Crippen molar-refractivity contribution in [1.82, 2.24) is 4.90 Å². The molecule has 1 heterocycles. The first-order valence-electron chi connectivity index (χ1n) is 11.5. The molecule has 1 N–H and O–H groups in total. The highest BCUT2D eigenvalue weighted by Crippen LogP contribution is 2.36. The maximum absolute atomic E-state index is 12.9. The number of hydrogen-bond donors (Lipinski definition) is 1. The first kappa shape index (κ1) is 28.3. The van der Waals surface area contributed by atoms with Crippen LogP contribution in [-0.4, -0.2) is 48.9 Å². The number of para-hydroxylation sites is 1. The van der Waals surface area contributed by atoms with Crippen molar-refractivity contribution >= 4 is 56.4 Å². The predicted octanol–water partition coefficient (Wildman–Crippen LogP) is 4.35. The Hall–Kier alpha value is -4.69. The number of nitro groups is 1. The quantitative estimate of drug-likeness (QED) is 0.166. The number of nitrogens with one attached hydrogen (secondary N) is 1. The van der Waals surface area contributed by atoms with Crippen LogP contribution < -0.4 is 14.2 Å². The number of ether oxygens (including phenoxy) is 1. The Bertz CT molecular complexity index is 1650. The largest absolute Gasteiger partial charge is 0.493 e. The van der Waals surface area contributed by atoms with Gasteiger partial charge in [-0.05, 0) is 60.7 Å². The zero-order valence-corrected chi connectivity index (χ0v) is 22.7. The van der Waals surface area contributed by atoms with Crippen LogP contribution in [-0.2, 0) is 19.7 Å². The van der Waals surface area contributed by atoms with Crippen molar-refractivity contribution in [3.8, 4) is 11.5 Å². The van der Waals surface area contributed by atoms with Crippen LogP contribution in [0.1, 0.15) is 11.1 Å². The van der Waals surface area contributed by atoms with E-state index in [2.05, 4.69) is 5.32 Å². The molecule has 40 heavy (non-hydrogen) atoms. The van der Waals surface area contributed by atoms with Gasteiger partial charge in [-0.1, -0.05) is 35.9 Å². The normalized spacial score (nSPS) is 14.3. The van der Waals surface area contributed by atoms with Crippen molar-refractivity contribution in [2.45, 2.75) is 11.8 Å². The Labute approximate surface area is 232 Å². The molecular weight excluding hydrogens is 562 g/mol. The number of carbonyl (C=O) groups excluding carboxylic acids is 3. The summed E-state index contributed by atoms with van der Waals surface area (Å²) in [7, 11) is -3.35. The van der Waals surface area contributed by atoms with Crippen molar-refractivity contribution < 1.29 is 36.6 Å². The highest BCUT2D eigenvalue weighted by atomic mass is 32.2. The Balaban J connectivity index is 1.50. The van der Waals surface area contributed by atoms with E-state index in [-0.39, 0.29) is 16.4 Å². The molecule has 14 heteroatoms. The van der Waals surface area contributed by atoms with Crippen LogP contribution in [0.3, 0.4) is 0 Å². The second kappa shape index (κ2) is 11.6. The minimum atomic E-state index is -4.60. The zero-order chi connectivity index (χ0) is 29.0. The topological polar surface area (TPSA) is 162 Å². The standard InChI is InChI=1S/C26H21N3O9S2/c1-16-7-10-18(11-8-16)27-24(30)15-28-25(31)22(39-26(28)32)14-17-9-12-20(21(13-17)37-2)38-40(35,36)23-6-4-3-5-19(23)29(33)34/h3-14H,15H2,1-2H3,(H,27,30)/b22-14-. The summed E-state index contributed by atoms with van der Waals surface area (Å²) in [5.74, 6) is -1.52. The first-order valence-corrected chi connectivity index (χ1v) is 13.7. The number of nitro benzene ring substituents is 1. The smallest absolute Gasteiger partial charge is 0.346 e. The van der Waals surface area contributed by atoms with Crippen LogP contribution in [0.5, 0.6) is 11.5 Å². The van der Waals surface area contributed by atoms with E-state index in [1.54, 1.807) is 12.1 Å². The average molecular weight is 584 g/mol. The van der Waals surface area contributed by atoms with Crippen molar-refractivity contribution in [2.24, 2.45) is 0 Å². The fourth-order valence-electron chi connectivity index (χ4n) is 3.59. The SMILES string of the molecule is COc1cc(/C=C2\SC(=O)N(CC(=O)Nc3ccc(C)cc3)C2=O)ccc1OS(=O)(=O)c1ccccc1[N+](=O)[O-]. The molecule has 3 aromatic rings. The third-order valence-corrected chi connectivity index (χ3v) is 7.72. The van der Waals surface area contributed by atoms with E-state index in [1.165, 1.54) is 43.5 Å². The number of thioether (sulfide) groups is 1. The van der Waals surface area contributed by atoms with Gasteiger partial charge in [-0.2, -0.15) is 8.42 Å². The molecule has 0 bridgehead atoms. The number of benzene rings is 3. The number of rotatable bonds is 9. The molecule has 0 atom stereocenters. The van der Waals surface area contributed by atoms with E-state index in [0.29, 0.717) is 23.0 Å². The summed E-state index contributed by atoms with van der Waals surface area (Å²) in [6.07, 6.45) is 1.38. The van der Waals surface area contributed by atoms with Crippen molar-refractivity contribution in [1.29, 1.82) is 0 Å². The lowest BCUT2D eigenvalue weighted by molar-refractivity contribution is -0.387. The molecule has 1 aliphatic rings.